The Labute approximate surface area is 127 Å². The fourth-order valence-corrected chi connectivity index (χ4v) is 5.18. The minimum atomic E-state index is -11.2. The summed E-state index contributed by atoms with van der Waals surface area (Å²) in [7, 11) is 0. The molecular formula is C12H16F6ISb. The number of benzene rings is 1. The average Bonchev–Trinajstić information content (AvgIpc) is 2.27. The second kappa shape index (κ2) is 6.22. The average molecular weight is 523 g/mol. The van der Waals surface area contributed by atoms with E-state index >= 15 is 0 Å². The molecule has 118 valence electrons. The second-order valence-electron chi connectivity index (χ2n) is 4.60. The third-order valence-electron chi connectivity index (χ3n) is 2.55. The Morgan fingerprint density at radius 1 is 0.800 bits per heavy atom. The Morgan fingerprint density at radius 2 is 1.25 bits per heavy atom. The van der Waals surface area contributed by atoms with Crippen LogP contribution < -0.4 is 21.2 Å². The SMILES string of the molecule is [F][Sb-]([F])([F])([F])([F])[F].c1ccc([I+]C2CCCCC2)cc1. The van der Waals surface area contributed by atoms with Gasteiger partial charge in [-0.1, -0.05) is 24.6 Å². The first-order valence-corrected chi connectivity index (χ1v) is 14.3. The van der Waals surface area contributed by atoms with Crippen LogP contribution in [0.1, 0.15) is 32.1 Å². The largest absolute Gasteiger partial charge is 0.316 e. The number of halogens is 7. The van der Waals surface area contributed by atoms with Crippen molar-refractivity contribution in [1.29, 1.82) is 0 Å². The first-order valence-electron chi connectivity index (χ1n) is 6.15. The van der Waals surface area contributed by atoms with E-state index < -0.39 is 19.5 Å². The molecule has 1 fully saturated rings. The third kappa shape index (κ3) is 13.3. The van der Waals surface area contributed by atoms with Crippen LogP contribution in [-0.2, 0) is 0 Å². The van der Waals surface area contributed by atoms with Crippen molar-refractivity contribution in [3.05, 3.63) is 33.9 Å². The first kappa shape index (κ1) is 18.4. The smallest absolute Gasteiger partial charge is 0.0619 e. The van der Waals surface area contributed by atoms with E-state index in [1.54, 1.807) is 3.57 Å². The fraction of sp³-hybridized carbons (Fsp3) is 0.500. The topological polar surface area (TPSA) is 0 Å². The monoisotopic (exact) mass is 522 g/mol. The number of rotatable bonds is 2. The van der Waals surface area contributed by atoms with Gasteiger partial charge < -0.3 is 0 Å². The standard InChI is InChI=1S/C12H16I.6FH.Sb/c1-3-7-11(8-4-1)13-12-9-5-2-6-10-12;;;;;;;/h1,3-4,7-8,12H,2,5-6,9-10H2;6*1H;/q+1;;;;;;;+5/p-6. The van der Waals surface area contributed by atoms with E-state index in [2.05, 4.69) is 30.3 Å². The maximum absolute atomic E-state index is 11.2. The summed E-state index contributed by atoms with van der Waals surface area (Å²) in [5.41, 5.74) is 0. The van der Waals surface area contributed by atoms with E-state index in [9.17, 15) is 16.9 Å². The van der Waals surface area contributed by atoms with Crippen LogP contribution in [0.25, 0.3) is 0 Å². The van der Waals surface area contributed by atoms with E-state index in [0.29, 0.717) is 21.2 Å². The summed E-state index contributed by atoms with van der Waals surface area (Å²) in [4.78, 5) is 0. The van der Waals surface area contributed by atoms with E-state index in [4.69, 9.17) is 0 Å². The van der Waals surface area contributed by atoms with Gasteiger partial charge in [0.2, 0.25) is 0 Å². The molecule has 1 aliphatic rings. The van der Waals surface area contributed by atoms with Gasteiger partial charge in [0.15, 0.2) is 7.49 Å². The molecule has 0 aliphatic heterocycles. The van der Waals surface area contributed by atoms with Crippen LogP contribution in [0.2, 0.25) is 0 Å². The van der Waals surface area contributed by atoms with Gasteiger partial charge in [-0.15, -0.1) is 0 Å². The summed E-state index contributed by atoms with van der Waals surface area (Å²) in [6, 6.07) is 11.1. The summed E-state index contributed by atoms with van der Waals surface area (Å²) in [5.74, 6) is 0. The summed E-state index contributed by atoms with van der Waals surface area (Å²) in [6.07, 6.45) is 7.45. The van der Waals surface area contributed by atoms with Crippen molar-refractivity contribution in [1.82, 2.24) is 0 Å². The van der Waals surface area contributed by atoms with Gasteiger partial charge in [-0.05, 0) is 37.8 Å². The van der Waals surface area contributed by atoms with Gasteiger partial charge in [-0.3, -0.25) is 0 Å². The zero-order valence-electron chi connectivity index (χ0n) is 10.6. The Bertz CT molecular complexity index is 398. The molecule has 0 unspecified atom stereocenters. The second-order valence-corrected chi connectivity index (χ2v) is 13.7. The molecule has 1 aromatic rings. The Hall–Kier alpha value is 0.348. The number of alkyl halides is 1. The molecule has 1 aliphatic carbocycles. The van der Waals surface area contributed by atoms with Gasteiger partial charge in [-0.2, -0.15) is 0 Å². The van der Waals surface area contributed by atoms with Crippen LogP contribution in [0, 0.1) is 3.57 Å². The summed E-state index contributed by atoms with van der Waals surface area (Å²) < 4.78 is 62.3. The maximum atomic E-state index is 9.93. The van der Waals surface area contributed by atoms with Crippen molar-refractivity contribution in [2.24, 2.45) is 0 Å². The maximum Gasteiger partial charge on any atom is 0.316 e. The molecule has 0 nitrogen and oxygen atoms in total. The van der Waals surface area contributed by atoms with Gasteiger partial charge >= 0.3 is 57.6 Å². The molecule has 0 amide bonds. The molecule has 0 heterocycles. The van der Waals surface area contributed by atoms with Crippen LogP contribution in [0.5, 0.6) is 0 Å². The van der Waals surface area contributed by atoms with E-state index in [1.807, 2.05) is 0 Å². The fourth-order valence-electron chi connectivity index (χ4n) is 1.83. The molecule has 0 aromatic heterocycles. The summed E-state index contributed by atoms with van der Waals surface area (Å²) >= 11 is -10.9. The predicted molar refractivity (Wildman–Crippen MR) is 64.4 cm³/mol. The summed E-state index contributed by atoms with van der Waals surface area (Å²) in [6.45, 7) is 0. The van der Waals surface area contributed by atoms with Gasteiger partial charge in [0.1, 0.15) is 0 Å². The van der Waals surface area contributed by atoms with Crippen molar-refractivity contribution >= 4 is 19.5 Å². The van der Waals surface area contributed by atoms with E-state index in [0.717, 1.165) is 3.92 Å². The molecule has 0 N–H and O–H groups in total. The zero-order chi connectivity index (χ0) is 15.3. The third-order valence-corrected chi connectivity index (χ3v) is 6.11. The quantitative estimate of drug-likeness (QED) is 0.242. The minimum Gasteiger partial charge on any atom is -0.0619 e. The molecule has 2 rings (SSSR count). The molecule has 0 saturated heterocycles. The Kier molecular flexibility index (Phi) is 5.73. The number of hydrogen-bond donors (Lipinski definition) is 0. The van der Waals surface area contributed by atoms with E-state index in [1.165, 1.54) is 32.1 Å². The first-order chi connectivity index (χ1) is 8.90. The van der Waals surface area contributed by atoms with Crippen molar-refractivity contribution in [2.45, 2.75) is 36.0 Å². The number of hydrogen-bond acceptors (Lipinski definition) is 0. The summed E-state index contributed by atoms with van der Waals surface area (Å²) in [5, 5.41) is 0. The molecule has 0 atom stereocenters. The van der Waals surface area contributed by atoms with Crippen molar-refractivity contribution < 1.29 is 38.1 Å². The molecule has 0 bridgehead atoms. The normalized spacial score (nSPS) is 20.3. The molecule has 0 radical (unpaired) electrons. The Morgan fingerprint density at radius 3 is 1.70 bits per heavy atom. The molecule has 1 saturated carbocycles. The molecule has 0 spiro atoms. The molecule has 8 heteroatoms. The van der Waals surface area contributed by atoms with Crippen LogP contribution in [-0.4, -0.2) is 23.4 Å². The van der Waals surface area contributed by atoms with Gasteiger partial charge in [0, 0.05) is 0 Å². The van der Waals surface area contributed by atoms with Crippen LogP contribution in [0.3, 0.4) is 0 Å². The molecule has 20 heavy (non-hydrogen) atoms. The van der Waals surface area contributed by atoms with Crippen molar-refractivity contribution in [3.8, 4) is 0 Å². The van der Waals surface area contributed by atoms with Crippen LogP contribution >= 0.6 is 0 Å². The Balaban J connectivity index is 0.000000246. The van der Waals surface area contributed by atoms with E-state index in [-0.39, 0.29) is 0 Å². The van der Waals surface area contributed by atoms with Crippen LogP contribution in [0.4, 0.5) is 16.9 Å². The van der Waals surface area contributed by atoms with Gasteiger partial charge in [-0.25, -0.2) is 0 Å². The van der Waals surface area contributed by atoms with Gasteiger partial charge in [0.05, 0.1) is 0 Å². The van der Waals surface area contributed by atoms with Crippen molar-refractivity contribution in [2.75, 3.05) is 0 Å². The zero-order valence-corrected chi connectivity index (χ0v) is 15.3. The molecular weight excluding hydrogens is 507 g/mol. The predicted octanol–water partition coefficient (Wildman–Crippen LogP) is 2.42. The van der Waals surface area contributed by atoms with Crippen molar-refractivity contribution in [3.63, 3.8) is 0 Å². The minimum absolute atomic E-state index is 0.306. The van der Waals surface area contributed by atoms with Crippen LogP contribution in [0.15, 0.2) is 30.3 Å². The molecule has 1 aromatic carbocycles. The van der Waals surface area contributed by atoms with Gasteiger partial charge in [0.25, 0.3) is 0 Å².